The molecule has 1 aliphatic heterocycles. The number of carboxylic acids is 1. The molecule has 10 heteroatoms. The van der Waals surface area contributed by atoms with Gasteiger partial charge in [-0.1, -0.05) is 13.0 Å². The average molecular weight is 429 g/mol. The number of allylic oxidation sites excluding steroid dienone is 1. The van der Waals surface area contributed by atoms with E-state index in [1.165, 1.54) is 13.2 Å². The number of benzene rings is 1. The fourth-order valence-electron chi connectivity index (χ4n) is 3.45. The minimum atomic E-state index is -5.14. The smallest absolute Gasteiger partial charge is 0.471 e. The molecular formula is C20H22F3NO6. The number of esters is 1. The first-order valence-corrected chi connectivity index (χ1v) is 9.05. The Kier molecular flexibility index (Phi) is 6.79. The number of methoxy groups -OCH3 is 1. The van der Waals surface area contributed by atoms with Gasteiger partial charge in [-0.05, 0) is 31.2 Å². The van der Waals surface area contributed by atoms with Gasteiger partial charge in [0.2, 0.25) is 0 Å². The quantitative estimate of drug-likeness (QED) is 0.528. The summed E-state index contributed by atoms with van der Waals surface area (Å²) in [6.07, 6.45) is -2.23. The molecule has 1 aromatic carbocycles. The Morgan fingerprint density at radius 1 is 1.37 bits per heavy atom. The normalized spacial score (nSPS) is 14.4. The number of ether oxygens (including phenoxy) is 2. The summed E-state index contributed by atoms with van der Waals surface area (Å²) in [4.78, 5) is 35.4. The second kappa shape index (κ2) is 8.76. The summed E-state index contributed by atoms with van der Waals surface area (Å²) in [5.74, 6) is -4.03. The van der Waals surface area contributed by atoms with Gasteiger partial charge in [0.1, 0.15) is 12.4 Å². The van der Waals surface area contributed by atoms with Gasteiger partial charge in [-0.15, -0.1) is 0 Å². The number of hydrogen-bond donors (Lipinski definition) is 1. The molecular weight excluding hydrogens is 407 g/mol. The van der Waals surface area contributed by atoms with Gasteiger partial charge in [-0.2, -0.15) is 13.2 Å². The molecule has 164 valence electrons. The van der Waals surface area contributed by atoms with Gasteiger partial charge in [0.25, 0.3) is 0 Å². The molecule has 1 N–H and O–H groups in total. The lowest BCUT2D eigenvalue weighted by Crippen LogP contribution is -2.40. The van der Waals surface area contributed by atoms with Gasteiger partial charge in [0.05, 0.1) is 18.4 Å². The predicted molar refractivity (Wildman–Crippen MR) is 101 cm³/mol. The first-order valence-electron chi connectivity index (χ1n) is 9.05. The number of carbonyl (C=O) groups is 3. The van der Waals surface area contributed by atoms with Gasteiger partial charge in [0.15, 0.2) is 0 Å². The van der Waals surface area contributed by atoms with Crippen LogP contribution in [0.25, 0.3) is 0 Å². The standard InChI is InChI=1S/C20H22F3NO6/c1-10(6-8-14(25)26)5-7-12-16(24(3)19(28)20(21,22)23)15-13(9-30-18(15)27)11(2)17(12)29-4/h6,8,10H,5,7,9H2,1-4H3,(H,25,26)/b8-6+. The zero-order valence-electron chi connectivity index (χ0n) is 16.9. The predicted octanol–water partition coefficient (Wildman–Crippen LogP) is 3.41. The van der Waals surface area contributed by atoms with Crippen molar-refractivity contribution in [3.63, 3.8) is 0 Å². The number of carboxylic acid groups (broad SMARTS) is 1. The fraction of sp³-hybridized carbons (Fsp3) is 0.450. The molecule has 1 unspecified atom stereocenters. The molecule has 1 aromatic rings. The van der Waals surface area contributed by atoms with Crippen molar-refractivity contribution < 1.29 is 42.1 Å². The second-order valence-electron chi connectivity index (χ2n) is 6.99. The van der Waals surface area contributed by atoms with Gasteiger partial charge in [-0.25, -0.2) is 9.59 Å². The number of aliphatic carboxylic acids is 1. The molecule has 2 rings (SSSR count). The van der Waals surface area contributed by atoms with Crippen molar-refractivity contribution in [3.8, 4) is 5.75 Å². The molecule has 0 saturated carbocycles. The third kappa shape index (κ3) is 4.58. The Hall–Kier alpha value is -3.04. The Balaban J connectivity index is 2.62. The van der Waals surface area contributed by atoms with E-state index in [0.29, 0.717) is 22.4 Å². The van der Waals surface area contributed by atoms with E-state index < -0.39 is 24.0 Å². The van der Waals surface area contributed by atoms with Crippen LogP contribution in [0.15, 0.2) is 12.2 Å². The minimum Gasteiger partial charge on any atom is -0.496 e. The third-order valence-corrected chi connectivity index (χ3v) is 4.95. The van der Waals surface area contributed by atoms with Crippen LogP contribution < -0.4 is 9.64 Å². The van der Waals surface area contributed by atoms with Crippen molar-refractivity contribution >= 4 is 23.5 Å². The number of cyclic esters (lactones) is 1. The first-order chi connectivity index (χ1) is 13.9. The molecule has 0 saturated heterocycles. The van der Waals surface area contributed by atoms with Gasteiger partial charge >= 0.3 is 24.0 Å². The summed E-state index contributed by atoms with van der Waals surface area (Å²) < 4.78 is 49.8. The van der Waals surface area contributed by atoms with Crippen LogP contribution in [0.5, 0.6) is 5.75 Å². The van der Waals surface area contributed by atoms with Crippen LogP contribution >= 0.6 is 0 Å². The molecule has 1 amide bonds. The molecule has 0 radical (unpaired) electrons. The minimum absolute atomic E-state index is 0.0860. The summed E-state index contributed by atoms with van der Waals surface area (Å²) in [6.45, 7) is 3.27. The van der Waals surface area contributed by atoms with E-state index in [1.54, 1.807) is 13.8 Å². The maximum atomic E-state index is 13.1. The Labute approximate surface area is 171 Å². The molecule has 0 aromatic heterocycles. The van der Waals surface area contributed by atoms with Gasteiger partial charge in [-0.3, -0.25) is 4.79 Å². The number of fused-ring (bicyclic) bond motifs is 1. The highest BCUT2D eigenvalue weighted by Gasteiger charge is 2.44. The Morgan fingerprint density at radius 2 is 2.00 bits per heavy atom. The number of hydrogen-bond acceptors (Lipinski definition) is 5. The van der Waals surface area contributed by atoms with Crippen LogP contribution in [-0.2, 0) is 27.4 Å². The molecule has 7 nitrogen and oxygen atoms in total. The van der Waals surface area contributed by atoms with Crippen LogP contribution in [-0.4, -0.2) is 43.3 Å². The van der Waals surface area contributed by atoms with Gasteiger partial charge < -0.3 is 19.5 Å². The number of alkyl halides is 3. The third-order valence-electron chi connectivity index (χ3n) is 4.95. The van der Waals surface area contributed by atoms with Crippen molar-refractivity contribution in [3.05, 3.63) is 34.4 Å². The lowest BCUT2D eigenvalue weighted by atomic mass is 9.91. The van der Waals surface area contributed by atoms with Crippen LogP contribution in [0.3, 0.4) is 0 Å². The Morgan fingerprint density at radius 3 is 2.53 bits per heavy atom. The lowest BCUT2D eigenvalue weighted by Gasteiger charge is -2.27. The monoisotopic (exact) mass is 429 g/mol. The van der Waals surface area contributed by atoms with E-state index in [0.717, 1.165) is 13.1 Å². The summed E-state index contributed by atoms with van der Waals surface area (Å²) >= 11 is 0. The molecule has 30 heavy (non-hydrogen) atoms. The number of halogens is 3. The largest absolute Gasteiger partial charge is 0.496 e. The first kappa shape index (κ1) is 23.2. The van der Waals surface area contributed by atoms with Crippen LogP contribution in [0.4, 0.5) is 18.9 Å². The molecule has 1 heterocycles. The van der Waals surface area contributed by atoms with Crippen LogP contribution in [0, 0.1) is 12.8 Å². The lowest BCUT2D eigenvalue weighted by molar-refractivity contribution is -0.170. The molecule has 0 fully saturated rings. The van der Waals surface area contributed by atoms with E-state index in [9.17, 15) is 27.6 Å². The van der Waals surface area contributed by atoms with Crippen molar-refractivity contribution in [1.82, 2.24) is 0 Å². The summed E-state index contributed by atoms with van der Waals surface area (Å²) in [5.41, 5.74) is 0.877. The highest BCUT2D eigenvalue weighted by molar-refractivity contribution is 6.07. The highest BCUT2D eigenvalue weighted by atomic mass is 19.4. The fourth-order valence-corrected chi connectivity index (χ4v) is 3.45. The Bertz CT molecular complexity index is 907. The van der Waals surface area contributed by atoms with Crippen LogP contribution in [0.1, 0.15) is 40.4 Å². The molecule has 1 atom stereocenters. The summed E-state index contributed by atoms with van der Waals surface area (Å²) in [6, 6.07) is 0. The molecule has 0 aliphatic carbocycles. The number of amides is 1. The van der Waals surface area contributed by atoms with Crippen molar-refractivity contribution in [2.24, 2.45) is 5.92 Å². The van der Waals surface area contributed by atoms with E-state index in [2.05, 4.69) is 0 Å². The topological polar surface area (TPSA) is 93.1 Å². The maximum Gasteiger partial charge on any atom is 0.471 e. The summed E-state index contributed by atoms with van der Waals surface area (Å²) in [5, 5.41) is 8.75. The number of carbonyl (C=O) groups excluding carboxylic acids is 2. The second-order valence-corrected chi connectivity index (χ2v) is 6.99. The van der Waals surface area contributed by atoms with E-state index >= 15 is 0 Å². The SMILES string of the molecule is COc1c(C)c2c(c(N(C)C(=O)C(F)(F)F)c1CCC(C)/C=C/C(=O)O)C(=O)OC2. The van der Waals surface area contributed by atoms with Crippen molar-refractivity contribution in [2.75, 3.05) is 19.1 Å². The zero-order valence-corrected chi connectivity index (χ0v) is 16.9. The van der Waals surface area contributed by atoms with Crippen molar-refractivity contribution in [1.29, 1.82) is 0 Å². The molecule has 0 spiro atoms. The molecule has 0 bridgehead atoms. The van der Waals surface area contributed by atoms with Crippen LogP contribution in [0.2, 0.25) is 0 Å². The summed E-state index contributed by atoms with van der Waals surface area (Å²) in [7, 11) is 2.29. The number of rotatable bonds is 7. The van der Waals surface area contributed by atoms with E-state index in [1.807, 2.05) is 0 Å². The van der Waals surface area contributed by atoms with E-state index in [4.69, 9.17) is 14.6 Å². The number of nitrogens with zero attached hydrogens (tertiary/aromatic N) is 1. The van der Waals surface area contributed by atoms with Gasteiger partial charge in [0, 0.05) is 24.3 Å². The average Bonchev–Trinajstić information content (AvgIpc) is 3.04. The van der Waals surface area contributed by atoms with E-state index in [-0.39, 0.29) is 41.5 Å². The maximum absolute atomic E-state index is 13.1. The number of anilines is 1. The molecule has 1 aliphatic rings. The highest BCUT2D eigenvalue weighted by Crippen LogP contribution is 2.44. The van der Waals surface area contributed by atoms with Crippen molar-refractivity contribution in [2.45, 2.75) is 39.5 Å². The zero-order chi connectivity index (χ0) is 22.8.